The van der Waals surface area contributed by atoms with Crippen molar-refractivity contribution in [2.45, 2.75) is 19.4 Å². The van der Waals surface area contributed by atoms with Crippen molar-refractivity contribution in [3.8, 4) is 0 Å². The summed E-state index contributed by atoms with van der Waals surface area (Å²) in [6, 6.07) is 7.20. The lowest BCUT2D eigenvalue weighted by Gasteiger charge is -2.38. The summed E-state index contributed by atoms with van der Waals surface area (Å²) in [5, 5.41) is 8.89. The van der Waals surface area contributed by atoms with Crippen LogP contribution in [0, 0.1) is 0 Å². The maximum atomic E-state index is 10.8. The van der Waals surface area contributed by atoms with Gasteiger partial charge < -0.3 is 14.9 Å². The number of hydrogen-bond donors (Lipinski definition) is 1. The Morgan fingerprint density at radius 2 is 1.95 bits per heavy atom. The highest BCUT2D eigenvalue weighted by Gasteiger charge is 2.24. The molecule has 100 valence electrons. The maximum absolute atomic E-state index is 10.8. The molecule has 0 saturated carbocycles. The molecule has 4 nitrogen and oxygen atoms in total. The van der Waals surface area contributed by atoms with Gasteiger partial charge in [-0.05, 0) is 36.6 Å². The molecule has 1 N–H and O–H groups in total. The molecule has 1 saturated heterocycles. The first kappa shape index (κ1) is 12.1. The third kappa shape index (κ3) is 2.43. The lowest BCUT2D eigenvalue weighted by molar-refractivity contribution is 0.0697. The quantitative estimate of drug-likeness (QED) is 0.902. The van der Waals surface area contributed by atoms with E-state index in [1.165, 1.54) is 24.4 Å². The van der Waals surface area contributed by atoms with Crippen molar-refractivity contribution in [2.24, 2.45) is 0 Å². The van der Waals surface area contributed by atoms with Crippen LogP contribution < -0.4 is 0 Å². The largest absolute Gasteiger partial charge is 0.478 e. The molecule has 2 aliphatic rings. The fraction of sp³-hybridized carbons (Fsp3) is 0.400. The molecule has 1 aromatic carbocycles. The fourth-order valence-electron chi connectivity index (χ4n) is 2.85. The summed E-state index contributed by atoms with van der Waals surface area (Å²) in [5.41, 5.74) is 1.52. The highest BCUT2D eigenvalue weighted by Crippen LogP contribution is 2.25. The molecule has 2 aliphatic heterocycles. The molecule has 4 heteroatoms. The molecule has 0 spiro atoms. The number of fused-ring (bicyclic) bond motifs is 1. The highest BCUT2D eigenvalue weighted by molar-refractivity contribution is 5.87. The zero-order valence-electron chi connectivity index (χ0n) is 10.9. The zero-order valence-corrected chi connectivity index (χ0v) is 10.9. The van der Waals surface area contributed by atoms with Crippen molar-refractivity contribution in [3.05, 3.63) is 47.3 Å². The van der Waals surface area contributed by atoms with Gasteiger partial charge in [-0.3, -0.25) is 0 Å². The molecule has 0 atom stereocenters. The second-order valence-corrected chi connectivity index (χ2v) is 5.12. The molecule has 19 heavy (non-hydrogen) atoms. The Labute approximate surface area is 112 Å². The van der Waals surface area contributed by atoms with Gasteiger partial charge in [-0.1, -0.05) is 12.1 Å². The first-order chi connectivity index (χ1) is 9.24. The molecule has 0 amide bonds. The SMILES string of the molecule is O=C(O)c1ccc(CN2CCCN3CCC=C32)cc1. The highest BCUT2D eigenvalue weighted by atomic mass is 16.4. The Hall–Kier alpha value is -1.97. The van der Waals surface area contributed by atoms with Gasteiger partial charge in [-0.25, -0.2) is 4.79 Å². The number of nitrogens with zero attached hydrogens (tertiary/aromatic N) is 2. The summed E-state index contributed by atoms with van der Waals surface area (Å²) < 4.78 is 0. The van der Waals surface area contributed by atoms with E-state index in [0.717, 1.165) is 26.1 Å². The predicted octanol–water partition coefficient (Wildman–Crippen LogP) is 2.14. The maximum Gasteiger partial charge on any atom is 0.335 e. The van der Waals surface area contributed by atoms with Gasteiger partial charge in [0.15, 0.2) is 0 Å². The van der Waals surface area contributed by atoms with Crippen LogP contribution >= 0.6 is 0 Å². The van der Waals surface area contributed by atoms with Gasteiger partial charge in [0.05, 0.1) is 5.56 Å². The molecule has 0 aliphatic carbocycles. The number of aromatic carboxylic acids is 1. The second-order valence-electron chi connectivity index (χ2n) is 5.12. The third-order valence-corrected chi connectivity index (χ3v) is 3.80. The molecule has 0 unspecified atom stereocenters. The lowest BCUT2D eigenvalue weighted by Crippen LogP contribution is -2.39. The van der Waals surface area contributed by atoms with Crippen LogP contribution in [0.2, 0.25) is 0 Å². The molecular weight excluding hydrogens is 240 g/mol. The van der Waals surface area contributed by atoms with Crippen molar-refractivity contribution >= 4 is 5.97 Å². The van der Waals surface area contributed by atoms with Crippen molar-refractivity contribution < 1.29 is 9.90 Å². The minimum absolute atomic E-state index is 0.351. The van der Waals surface area contributed by atoms with Gasteiger partial charge >= 0.3 is 5.97 Å². The topological polar surface area (TPSA) is 43.8 Å². The predicted molar refractivity (Wildman–Crippen MR) is 72.7 cm³/mol. The van der Waals surface area contributed by atoms with Crippen LogP contribution in [0.15, 0.2) is 36.2 Å². The smallest absolute Gasteiger partial charge is 0.335 e. The van der Waals surface area contributed by atoms with Gasteiger partial charge in [0.2, 0.25) is 0 Å². The van der Waals surface area contributed by atoms with Crippen LogP contribution in [-0.2, 0) is 6.54 Å². The normalized spacial score (nSPS) is 18.2. The lowest BCUT2D eigenvalue weighted by atomic mass is 10.1. The minimum atomic E-state index is -0.866. The molecule has 2 heterocycles. The molecule has 0 bridgehead atoms. The van der Waals surface area contributed by atoms with Crippen LogP contribution in [-0.4, -0.2) is 40.5 Å². The van der Waals surface area contributed by atoms with E-state index >= 15 is 0 Å². The van der Waals surface area contributed by atoms with Crippen molar-refractivity contribution in [2.75, 3.05) is 19.6 Å². The summed E-state index contributed by atoms with van der Waals surface area (Å²) in [4.78, 5) is 15.7. The Kier molecular flexibility index (Phi) is 3.15. The summed E-state index contributed by atoms with van der Waals surface area (Å²) >= 11 is 0. The average Bonchev–Trinajstić information content (AvgIpc) is 2.89. The molecule has 1 fully saturated rings. The number of rotatable bonds is 3. The molecule has 0 radical (unpaired) electrons. The van der Waals surface area contributed by atoms with E-state index in [1.807, 2.05) is 12.1 Å². The second kappa shape index (κ2) is 4.96. The van der Waals surface area contributed by atoms with E-state index < -0.39 is 5.97 Å². The van der Waals surface area contributed by atoms with E-state index in [9.17, 15) is 4.79 Å². The first-order valence-corrected chi connectivity index (χ1v) is 6.76. The molecule has 1 aromatic rings. The Morgan fingerprint density at radius 3 is 2.68 bits per heavy atom. The Bertz CT molecular complexity index is 507. The van der Waals surface area contributed by atoms with Crippen LogP contribution in [0.4, 0.5) is 0 Å². The van der Waals surface area contributed by atoms with Gasteiger partial charge in [-0.15, -0.1) is 0 Å². The summed E-state index contributed by atoms with van der Waals surface area (Å²) in [7, 11) is 0. The van der Waals surface area contributed by atoms with E-state index in [4.69, 9.17) is 5.11 Å². The summed E-state index contributed by atoms with van der Waals surface area (Å²) in [5.74, 6) is 0.489. The van der Waals surface area contributed by atoms with Crippen LogP contribution in [0.1, 0.15) is 28.8 Å². The van der Waals surface area contributed by atoms with Crippen molar-refractivity contribution in [1.29, 1.82) is 0 Å². The van der Waals surface area contributed by atoms with Gasteiger partial charge in [0.25, 0.3) is 0 Å². The van der Waals surface area contributed by atoms with E-state index in [0.29, 0.717) is 5.56 Å². The van der Waals surface area contributed by atoms with E-state index in [1.54, 1.807) is 12.1 Å². The average molecular weight is 258 g/mol. The number of carboxylic acid groups (broad SMARTS) is 1. The summed E-state index contributed by atoms with van der Waals surface area (Å²) in [6.45, 7) is 4.26. The molecular formula is C15H18N2O2. The van der Waals surface area contributed by atoms with Gasteiger partial charge in [-0.2, -0.15) is 0 Å². The van der Waals surface area contributed by atoms with Crippen LogP contribution in [0.5, 0.6) is 0 Å². The van der Waals surface area contributed by atoms with Crippen molar-refractivity contribution in [3.63, 3.8) is 0 Å². The molecule has 0 aromatic heterocycles. The number of benzene rings is 1. The van der Waals surface area contributed by atoms with E-state index in [-0.39, 0.29) is 0 Å². The Morgan fingerprint density at radius 1 is 1.16 bits per heavy atom. The van der Waals surface area contributed by atoms with E-state index in [2.05, 4.69) is 15.9 Å². The zero-order chi connectivity index (χ0) is 13.2. The number of hydrogen-bond acceptors (Lipinski definition) is 3. The standard InChI is InChI=1S/C15H18N2O2/c18-15(19)13-6-4-12(5-7-13)11-17-10-2-9-16-8-1-3-14(16)17/h3-7H,1-2,8-11H2,(H,18,19). The number of carbonyl (C=O) groups is 1. The number of carboxylic acids is 1. The third-order valence-electron chi connectivity index (χ3n) is 3.80. The summed E-state index contributed by atoms with van der Waals surface area (Å²) in [6.07, 6.45) is 4.65. The monoisotopic (exact) mass is 258 g/mol. The van der Waals surface area contributed by atoms with Crippen LogP contribution in [0.25, 0.3) is 0 Å². The first-order valence-electron chi connectivity index (χ1n) is 6.76. The van der Waals surface area contributed by atoms with Gasteiger partial charge in [0.1, 0.15) is 5.82 Å². The molecule has 3 rings (SSSR count). The van der Waals surface area contributed by atoms with Crippen molar-refractivity contribution in [1.82, 2.24) is 9.80 Å². The van der Waals surface area contributed by atoms with Crippen LogP contribution in [0.3, 0.4) is 0 Å². The van der Waals surface area contributed by atoms with Gasteiger partial charge in [0, 0.05) is 26.2 Å². The minimum Gasteiger partial charge on any atom is -0.478 e. The fourth-order valence-corrected chi connectivity index (χ4v) is 2.85. The Balaban J connectivity index is 1.72.